The highest BCUT2D eigenvalue weighted by atomic mass is 35.5. The Morgan fingerprint density at radius 2 is 2.32 bits per heavy atom. The zero-order valence-electron chi connectivity index (χ0n) is 10.5. The molecule has 1 heterocycles. The lowest BCUT2D eigenvalue weighted by Gasteiger charge is -2.14. The van der Waals surface area contributed by atoms with Gasteiger partial charge in [-0.25, -0.2) is 4.39 Å². The number of hydrogen-bond acceptors (Lipinski definition) is 2. The maximum atomic E-state index is 13.2. The molecule has 0 saturated heterocycles. The van der Waals surface area contributed by atoms with Crippen molar-refractivity contribution in [2.45, 2.75) is 12.8 Å². The molecular weight excluding hydrogens is 267 g/mol. The molecule has 2 rings (SSSR count). The fraction of sp³-hybridized carbons (Fsp3) is 0.357. The summed E-state index contributed by atoms with van der Waals surface area (Å²) in [6.07, 6.45) is 3.97. The minimum atomic E-state index is -0.574. The Balaban J connectivity index is 1.87. The number of carbonyl (C=O) groups excluding carboxylic acids is 1. The first kappa shape index (κ1) is 14.0. The average Bonchev–Trinajstić information content (AvgIpc) is 2.43. The second-order valence-corrected chi connectivity index (χ2v) is 4.80. The monoisotopic (exact) mass is 282 g/mol. The van der Waals surface area contributed by atoms with E-state index in [4.69, 9.17) is 11.6 Å². The van der Waals surface area contributed by atoms with Crippen LogP contribution in [0, 0.1) is 5.82 Å². The Bertz CT molecular complexity index is 502. The molecule has 19 heavy (non-hydrogen) atoms. The van der Waals surface area contributed by atoms with Crippen molar-refractivity contribution in [3.8, 4) is 0 Å². The van der Waals surface area contributed by atoms with E-state index >= 15 is 0 Å². The van der Waals surface area contributed by atoms with Crippen molar-refractivity contribution >= 4 is 17.5 Å². The molecule has 3 nitrogen and oxygen atoms in total. The largest absolute Gasteiger partial charge is 0.352 e. The van der Waals surface area contributed by atoms with Gasteiger partial charge in [0.25, 0.3) is 5.91 Å². The van der Waals surface area contributed by atoms with Gasteiger partial charge in [0.2, 0.25) is 0 Å². The van der Waals surface area contributed by atoms with Crippen LogP contribution in [0.4, 0.5) is 4.39 Å². The molecule has 0 atom stereocenters. The van der Waals surface area contributed by atoms with Crippen LogP contribution in [0.15, 0.2) is 29.8 Å². The van der Waals surface area contributed by atoms with Gasteiger partial charge in [-0.1, -0.05) is 29.3 Å². The standard InChI is InChI=1S/C14H16ClFN2O/c15-13-11(2-1-3-12(13)16)14(19)18-9-6-10-4-7-17-8-5-10/h1-4,17H,5-9H2,(H,18,19). The molecule has 102 valence electrons. The van der Waals surface area contributed by atoms with Crippen molar-refractivity contribution in [2.24, 2.45) is 0 Å². The molecule has 5 heteroatoms. The van der Waals surface area contributed by atoms with Crippen LogP contribution < -0.4 is 10.6 Å². The van der Waals surface area contributed by atoms with E-state index in [1.807, 2.05) is 0 Å². The topological polar surface area (TPSA) is 41.1 Å². The van der Waals surface area contributed by atoms with Crippen molar-refractivity contribution in [1.29, 1.82) is 0 Å². The molecule has 0 aliphatic carbocycles. The number of hydrogen-bond donors (Lipinski definition) is 2. The summed E-state index contributed by atoms with van der Waals surface area (Å²) in [6, 6.07) is 4.23. The van der Waals surface area contributed by atoms with E-state index in [1.54, 1.807) is 0 Å². The lowest BCUT2D eigenvalue weighted by molar-refractivity contribution is 0.0954. The van der Waals surface area contributed by atoms with E-state index in [0.717, 1.165) is 25.9 Å². The number of amides is 1. The predicted octanol–water partition coefficient (Wildman–Crippen LogP) is 2.52. The maximum Gasteiger partial charge on any atom is 0.252 e. The Morgan fingerprint density at radius 1 is 1.47 bits per heavy atom. The number of nitrogens with one attached hydrogen (secondary N) is 2. The summed E-state index contributed by atoms with van der Waals surface area (Å²) in [6.45, 7) is 2.41. The normalized spacial score (nSPS) is 14.9. The highest BCUT2D eigenvalue weighted by Gasteiger charge is 2.13. The van der Waals surface area contributed by atoms with E-state index in [0.29, 0.717) is 6.54 Å². The van der Waals surface area contributed by atoms with Crippen molar-refractivity contribution in [2.75, 3.05) is 19.6 Å². The fourth-order valence-electron chi connectivity index (χ4n) is 2.01. The van der Waals surface area contributed by atoms with E-state index < -0.39 is 5.82 Å². The molecule has 0 bridgehead atoms. The van der Waals surface area contributed by atoms with E-state index in [2.05, 4.69) is 16.7 Å². The quantitative estimate of drug-likeness (QED) is 0.833. The predicted molar refractivity (Wildman–Crippen MR) is 73.9 cm³/mol. The molecule has 1 aromatic rings. The molecule has 1 amide bonds. The summed E-state index contributed by atoms with van der Waals surface area (Å²) in [5, 5.41) is 5.87. The van der Waals surface area contributed by atoms with Crippen molar-refractivity contribution in [1.82, 2.24) is 10.6 Å². The molecular formula is C14H16ClFN2O. The fourth-order valence-corrected chi connectivity index (χ4v) is 2.22. The Morgan fingerprint density at radius 3 is 3.05 bits per heavy atom. The minimum absolute atomic E-state index is 0.124. The summed E-state index contributed by atoms with van der Waals surface area (Å²) >= 11 is 5.76. The van der Waals surface area contributed by atoms with Gasteiger partial charge in [0, 0.05) is 13.1 Å². The van der Waals surface area contributed by atoms with Gasteiger partial charge in [0.15, 0.2) is 0 Å². The van der Waals surface area contributed by atoms with Crippen molar-refractivity contribution < 1.29 is 9.18 Å². The smallest absolute Gasteiger partial charge is 0.252 e. The van der Waals surface area contributed by atoms with Crippen LogP contribution in [0.5, 0.6) is 0 Å². The number of carbonyl (C=O) groups is 1. The van der Waals surface area contributed by atoms with Crippen molar-refractivity contribution in [3.63, 3.8) is 0 Å². The SMILES string of the molecule is O=C(NCCC1=CCNCC1)c1cccc(F)c1Cl. The third kappa shape index (κ3) is 3.78. The van der Waals surface area contributed by atoms with Gasteiger partial charge in [-0.2, -0.15) is 0 Å². The molecule has 0 unspecified atom stereocenters. The summed E-state index contributed by atoms with van der Waals surface area (Å²) in [7, 11) is 0. The van der Waals surface area contributed by atoms with E-state index in [-0.39, 0.29) is 16.5 Å². The zero-order valence-corrected chi connectivity index (χ0v) is 11.3. The minimum Gasteiger partial charge on any atom is -0.352 e. The zero-order chi connectivity index (χ0) is 13.7. The molecule has 2 N–H and O–H groups in total. The Labute approximate surface area is 116 Å². The van der Waals surface area contributed by atoms with Gasteiger partial charge in [-0.05, 0) is 31.5 Å². The Hall–Kier alpha value is -1.39. The first-order chi connectivity index (χ1) is 9.18. The van der Waals surface area contributed by atoms with Gasteiger partial charge in [-0.15, -0.1) is 0 Å². The second kappa shape index (κ2) is 6.68. The van der Waals surface area contributed by atoms with Gasteiger partial charge < -0.3 is 10.6 Å². The van der Waals surface area contributed by atoms with Gasteiger partial charge in [0.1, 0.15) is 5.82 Å². The Kier molecular flexibility index (Phi) is 4.93. The van der Waals surface area contributed by atoms with Crippen LogP contribution >= 0.6 is 11.6 Å². The maximum absolute atomic E-state index is 13.2. The van der Waals surface area contributed by atoms with Gasteiger partial charge in [-0.3, -0.25) is 4.79 Å². The summed E-state index contributed by atoms with van der Waals surface area (Å²) in [4.78, 5) is 11.9. The van der Waals surface area contributed by atoms with Gasteiger partial charge in [0.05, 0.1) is 10.6 Å². The van der Waals surface area contributed by atoms with E-state index in [1.165, 1.54) is 23.8 Å². The van der Waals surface area contributed by atoms with Gasteiger partial charge >= 0.3 is 0 Å². The molecule has 0 fully saturated rings. The third-order valence-corrected chi connectivity index (χ3v) is 3.47. The first-order valence-corrected chi connectivity index (χ1v) is 6.67. The average molecular weight is 283 g/mol. The second-order valence-electron chi connectivity index (χ2n) is 4.42. The summed E-state index contributed by atoms with van der Waals surface area (Å²) < 4.78 is 13.2. The highest BCUT2D eigenvalue weighted by Crippen LogP contribution is 2.19. The molecule has 0 radical (unpaired) electrons. The number of rotatable bonds is 4. The molecule has 1 aliphatic heterocycles. The summed E-state index contributed by atoms with van der Waals surface area (Å²) in [5.41, 5.74) is 1.52. The van der Waals surface area contributed by atoms with Crippen LogP contribution in [-0.4, -0.2) is 25.5 Å². The highest BCUT2D eigenvalue weighted by molar-refractivity contribution is 6.34. The lowest BCUT2D eigenvalue weighted by atomic mass is 10.1. The van der Waals surface area contributed by atoms with Crippen LogP contribution in [0.3, 0.4) is 0 Å². The van der Waals surface area contributed by atoms with Crippen LogP contribution in [0.25, 0.3) is 0 Å². The molecule has 0 aromatic heterocycles. The lowest BCUT2D eigenvalue weighted by Crippen LogP contribution is -2.27. The first-order valence-electron chi connectivity index (χ1n) is 6.29. The summed E-state index contributed by atoms with van der Waals surface area (Å²) in [5.74, 6) is -0.908. The van der Waals surface area contributed by atoms with E-state index in [9.17, 15) is 9.18 Å². The molecule has 1 aliphatic rings. The molecule has 0 saturated carbocycles. The van der Waals surface area contributed by atoms with Crippen molar-refractivity contribution in [3.05, 3.63) is 46.3 Å². The van der Waals surface area contributed by atoms with Crippen LogP contribution in [-0.2, 0) is 0 Å². The van der Waals surface area contributed by atoms with Crippen LogP contribution in [0.1, 0.15) is 23.2 Å². The molecule has 0 spiro atoms. The third-order valence-electron chi connectivity index (χ3n) is 3.09. The molecule has 1 aromatic carbocycles. The van der Waals surface area contributed by atoms with Crippen LogP contribution in [0.2, 0.25) is 5.02 Å². The number of halogens is 2. The number of benzene rings is 1.